The van der Waals surface area contributed by atoms with Crippen molar-refractivity contribution in [1.29, 1.82) is 0 Å². The fourth-order valence-corrected chi connectivity index (χ4v) is 2.17. The number of halogens is 1. The first kappa shape index (κ1) is 12.8. The Morgan fingerprint density at radius 1 is 1.25 bits per heavy atom. The summed E-state index contributed by atoms with van der Waals surface area (Å²) in [5.41, 5.74) is 1.60. The van der Waals surface area contributed by atoms with Gasteiger partial charge in [-0.2, -0.15) is 0 Å². The van der Waals surface area contributed by atoms with E-state index in [0.717, 1.165) is 0 Å². The standard InChI is InChI=1S/C14H10ClN3O2/c15-9-5-6-12(16-7-9)17-13-10-3-1-2-4-11(10)18(8-19)14(13)20/h1-7,19H,8H2. The number of aliphatic imine (C=N–C) groups is 1. The van der Waals surface area contributed by atoms with Crippen LogP contribution in [0.3, 0.4) is 0 Å². The predicted molar refractivity (Wildman–Crippen MR) is 76.5 cm³/mol. The topological polar surface area (TPSA) is 65.8 Å². The number of aromatic nitrogens is 1. The molecule has 0 unspecified atom stereocenters. The lowest BCUT2D eigenvalue weighted by atomic mass is 10.1. The van der Waals surface area contributed by atoms with E-state index in [-0.39, 0.29) is 18.3 Å². The van der Waals surface area contributed by atoms with Crippen LogP contribution in [-0.4, -0.2) is 28.4 Å². The van der Waals surface area contributed by atoms with E-state index in [2.05, 4.69) is 9.98 Å². The second-order valence-electron chi connectivity index (χ2n) is 4.19. The third-order valence-corrected chi connectivity index (χ3v) is 3.20. The van der Waals surface area contributed by atoms with Gasteiger partial charge in [0.05, 0.1) is 10.7 Å². The molecule has 1 aliphatic heterocycles. The molecule has 0 atom stereocenters. The van der Waals surface area contributed by atoms with Crippen molar-refractivity contribution in [3.63, 3.8) is 0 Å². The maximum Gasteiger partial charge on any atom is 0.279 e. The molecule has 2 aromatic rings. The molecule has 3 rings (SSSR count). The van der Waals surface area contributed by atoms with E-state index in [1.165, 1.54) is 11.1 Å². The van der Waals surface area contributed by atoms with Gasteiger partial charge in [0.2, 0.25) is 0 Å². The van der Waals surface area contributed by atoms with E-state index in [1.54, 1.807) is 30.3 Å². The molecule has 0 bridgehead atoms. The highest BCUT2D eigenvalue weighted by Crippen LogP contribution is 2.29. The van der Waals surface area contributed by atoms with Gasteiger partial charge in [-0.05, 0) is 18.2 Å². The summed E-state index contributed by atoms with van der Waals surface area (Å²) >= 11 is 5.76. The second kappa shape index (κ2) is 5.03. The molecule has 100 valence electrons. The molecular formula is C14H10ClN3O2. The lowest BCUT2D eigenvalue weighted by molar-refractivity contribution is -0.112. The first-order valence-electron chi connectivity index (χ1n) is 5.93. The number of aliphatic hydroxyl groups is 1. The van der Waals surface area contributed by atoms with E-state index in [1.807, 2.05) is 6.07 Å². The zero-order valence-electron chi connectivity index (χ0n) is 10.3. The number of anilines is 1. The molecule has 0 aliphatic carbocycles. The summed E-state index contributed by atoms with van der Waals surface area (Å²) in [4.78, 5) is 21.8. The monoisotopic (exact) mass is 287 g/mol. The van der Waals surface area contributed by atoms with Crippen LogP contribution in [0.25, 0.3) is 0 Å². The van der Waals surface area contributed by atoms with E-state index < -0.39 is 0 Å². The number of amides is 1. The van der Waals surface area contributed by atoms with Crippen LogP contribution in [0.5, 0.6) is 0 Å². The minimum Gasteiger partial charge on any atom is -0.376 e. The SMILES string of the molecule is O=C1C(=Nc2ccc(Cl)cn2)c2ccccc2N1CO. The average Bonchev–Trinajstić information content (AvgIpc) is 2.74. The number of hydrogen-bond acceptors (Lipinski definition) is 4. The summed E-state index contributed by atoms with van der Waals surface area (Å²) in [6.45, 7) is -0.386. The smallest absolute Gasteiger partial charge is 0.279 e. The van der Waals surface area contributed by atoms with Crippen LogP contribution in [0.15, 0.2) is 47.6 Å². The van der Waals surface area contributed by atoms with Gasteiger partial charge in [-0.25, -0.2) is 9.98 Å². The highest BCUT2D eigenvalue weighted by Gasteiger charge is 2.33. The molecule has 2 heterocycles. The maximum absolute atomic E-state index is 12.2. The number of rotatable bonds is 2. The second-order valence-corrected chi connectivity index (χ2v) is 4.62. The molecule has 1 aromatic carbocycles. The fourth-order valence-electron chi connectivity index (χ4n) is 2.06. The van der Waals surface area contributed by atoms with Gasteiger partial charge in [0.15, 0.2) is 5.82 Å². The molecule has 0 saturated heterocycles. The number of pyridine rings is 1. The molecule has 0 fully saturated rings. The Kier molecular flexibility index (Phi) is 3.22. The molecule has 1 aliphatic rings. The number of carbonyl (C=O) groups excluding carboxylic acids is 1. The normalized spacial score (nSPS) is 15.8. The van der Waals surface area contributed by atoms with Gasteiger partial charge in [0.1, 0.15) is 12.4 Å². The molecule has 1 amide bonds. The largest absolute Gasteiger partial charge is 0.376 e. The summed E-state index contributed by atoms with van der Waals surface area (Å²) in [6.07, 6.45) is 1.47. The number of carbonyl (C=O) groups is 1. The summed E-state index contributed by atoms with van der Waals surface area (Å²) in [6, 6.07) is 10.5. The van der Waals surface area contributed by atoms with Gasteiger partial charge >= 0.3 is 0 Å². The van der Waals surface area contributed by atoms with Gasteiger partial charge in [-0.1, -0.05) is 29.8 Å². The van der Waals surface area contributed by atoms with Gasteiger partial charge < -0.3 is 5.11 Å². The minimum absolute atomic E-state index is 0.268. The fraction of sp³-hybridized carbons (Fsp3) is 0.0714. The van der Waals surface area contributed by atoms with Crippen LogP contribution in [0.2, 0.25) is 5.02 Å². The lowest BCUT2D eigenvalue weighted by Crippen LogP contribution is -2.30. The summed E-state index contributed by atoms with van der Waals surface area (Å²) in [5.74, 6) is 0.0535. The van der Waals surface area contributed by atoms with Gasteiger partial charge in [0.25, 0.3) is 5.91 Å². The molecule has 0 spiro atoms. The zero-order valence-corrected chi connectivity index (χ0v) is 11.1. The van der Waals surface area contributed by atoms with Crippen molar-refractivity contribution in [1.82, 2.24) is 4.98 Å². The van der Waals surface area contributed by atoms with Crippen LogP contribution in [-0.2, 0) is 4.79 Å². The van der Waals surface area contributed by atoms with Crippen molar-refractivity contribution >= 4 is 34.7 Å². The number of para-hydroxylation sites is 1. The third-order valence-electron chi connectivity index (χ3n) is 2.98. The Balaban J connectivity index is 2.10. The first-order chi connectivity index (χ1) is 9.70. The van der Waals surface area contributed by atoms with Gasteiger partial charge in [-0.15, -0.1) is 0 Å². The number of nitrogens with zero attached hydrogens (tertiary/aromatic N) is 3. The number of benzene rings is 1. The third kappa shape index (κ3) is 2.07. The van der Waals surface area contributed by atoms with Crippen LogP contribution in [0.4, 0.5) is 11.5 Å². The Morgan fingerprint density at radius 3 is 2.75 bits per heavy atom. The minimum atomic E-state index is -0.386. The van der Waals surface area contributed by atoms with Crippen molar-refractivity contribution in [2.75, 3.05) is 11.6 Å². The van der Waals surface area contributed by atoms with Crippen molar-refractivity contribution in [2.24, 2.45) is 4.99 Å². The Hall–Kier alpha value is -2.24. The molecule has 5 nitrogen and oxygen atoms in total. The molecular weight excluding hydrogens is 278 g/mol. The molecule has 1 N–H and O–H groups in total. The lowest BCUT2D eigenvalue weighted by Gasteiger charge is -2.11. The van der Waals surface area contributed by atoms with Gasteiger partial charge in [0, 0.05) is 11.8 Å². The molecule has 6 heteroatoms. The van der Waals surface area contributed by atoms with Gasteiger partial charge in [-0.3, -0.25) is 9.69 Å². The quantitative estimate of drug-likeness (QED) is 0.920. The first-order valence-corrected chi connectivity index (χ1v) is 6.31. The summed E-state index contributed by atoms with van der Waals surface area (Å²) < 4.78 is 0. The van der Waals surface area contributed by atoms with Crippen molar-refractivity contribution in [2.45, 2.75) is 0 Å². The van der Waals surface area contributed by atoms with Crippen molar-refractivity contribution in [3.05, 3.63) is 53.2 Å². The van der Waals surface area contributed by atoms with Crippen LogP contribution in [0.1, 0.15) is 5.56 Å². The zero-order chi connectivity index (χ0) is 14.1. The number of fused-ring (bicyclic) bond motifs is 1. The molecule has 1 aromatic heterocycles. The number of aliphatic hydroxyl groups excluding tert-OH is 1. The Labute approximate surface area is 120 Å². The predicted octanol–water partition coefficient (Wildman–Crippen LogP) is 2.15. The van der Waals surface area contributed by atoms with E-state index in [9.17, 15) is 9.90 Å². The summed E-state index contributed by atoms with van der Waals surface area (Å²) in [5, 5.41) is 9.82. The average molecular weight is 288 g/mol. The Morgan fingerprint density at radius 2 is 2.05 bits per heavy atom. The van der Waals surface area contributed by atoms with E-state index >= 15 is 0 Å². The molecule has 0 radical (unpaired) electrons. The van der Waals surface area contributed by atoms with Crippen LogP contribution in [0, 0.1) is 0 Å². The van der Waals surface area contributed by atoms with E-state index in [4.69, 9.17) is 11.6 Å². The Bertz CT molecular complexity index is 698. The van der Waals surface area contributed by atoms with Crippen molar-refractivity contribution < 1.29 is 9.90 Å². The molecule has 0 saturated carbocycles. The highest BCUT2D eigenvalue weighted by atomic mass is 35.5. The highest BCUT2D eigenvalue weighted by molar-refractivity contribution is 6.54. The maximum atomic E-state index is 12.2. The molecule has 20 heavy (non-hydrogen) atoms. The van der Waals surface area contributed by atoms with Crippen molar-refractivity contribution in [3.8, 4) is 0 Å². The van der Waals surface area contributed by atoms with Crippen LogP contribution >= 0.6 is 11.6 Å². The number of hydrogen-bond donors (Lipinski definition) is 1. The van der Waals surface area contributed by atoms with E-state index in [0.29, 0.717) is 22.1 Å². The summed E-state index contributed by atoms with van der Waals surface area (Å²) in [7, 11) is 0. The van der Waals surface area contributed by atoms with Crippen LogP contribution < -0.4 is 4.90 Å².